The standard InChI is InChI=1S/C22H23ClN6O2S/c1-22(10-11-22)21-27-19(14-6-5-7-15(18(14)23)29-32(2,30)31)20(28-21)16-9-13-25-17(26-16)8-3-4-12-24/h5-7,9,13,29H,3-4,8,10-11H2,1-2H3,(H,27,28). The number of sulfonamides is 1. The predicted octanol–water partition coefficient (Wildman–Crippen LogP) is 4.46. The molecule has 0 unspecified atom stereocenters. The van der Waals surface area contributed by atoms with Crippen LogP contribution in [0.2, 0.25) is 5.02 Å². The summed E-state index contributed by atoms with van der Waals surface area (Å²) in [5.74, 6) is 1.50. The topological polar surface area (TPSA) is 124 Å². The first kappa shape index (κ1) is 22.2. The number of aromatic nitrogens is 4. The molecule has 0 bridgehead atoms. The van der Waals surface area contributed by atoms with Crippen molar-refractivity contribution in [2.45, 2.75) is 44.4 Å². The van der Waals surface area contributed by atoms with Gasteiger partial charge >= 0.3 is 0 Å². The Labute approximate surface area is 192 Å². The molecule has 0 saturated heterocycles. The van der Waals surface area contributed by atoms with Crippen molar-refractivity contribution in [1.29, 1.82) is 5.26 Å². The molecule has 3 aromatic rings. The Kier molecular flexibility index (Phi) is 5.93. The third kappa shape index (κ3) is 4.76. The van der Waals surface area contributed by atoms with Gasteiger partial charge in [-0.2, -0.15) is 5.26 Å². The molecule has 2 N–H and O–H groups in total. The lowest BCUT2D eigenvalue weighted by Crippen LogP contribution is -2.10. The summed E-state index contributed by atoms with van der Waals surface area (Å²) in [5, 5.41) is 9.05. The largest absolute Gasteiger partial charge is 0.340 e. The van der Waals surface area contributed by atoms with Crippen LogP contribution < -0.4 is 4.72 Å². The number of hydrogen-bond acceptors (Lipinski definition) is 6. The summed E-state index contributed by atoms with van der Waals surface area (Å²) >= 11 is 6.62. The van der Waals surface area contributed by atoms with Gasteiger partial charge in [0.25, 0.3) is 0 Å². The van der Waals surface area contributed by atoms with E-state index in [1.165, 1.54) is 0 Å². The van der Waals surface area contributed by atoms with Gasteiger partial charge in [-0.25, -0.2) is 23.4 Å². The van der Waals surface area contributed by atoms with Gasteiger partial charge < -0.3 is 4.98 Å². The molecule has 2 aromatic heterocycles. The van der Waals surface area contributed by atoms with Crippen LogP contribution in [0.15, 0.2) is 30.5 Å². The molecule has 4 rings (SSSR count). The fourth-order valence-corrected chi connectivity index (χ4v) is 4.33. The van der Waals surface area contributed by atoms with E-state index in [4.69, 9.17) is 21.8 Å². The van der Waals surface area contributed by atoms with Crippen molar-refractivity contribution in [2.75, 3.05) is 11.0 Å². The van der Waals surface area contributed by atoms with Gasteiger partial charge in [-0.15, -0.1) is 0 Å². The first-order chi connectivity index (χ1) is 15.2. The van der Waals surface area contributed by atoms with Gasteiger partial charge in [0.15, 0.2) is 0 Å². The van der Waals surface area contributed by atoms with Crippen molar-refractivity contribution >= 4 is 27.3 Å². The van der Waals surface area contributed by atoms with E-state index in [0.29, 0.717) is 53.4 Å². The summed E-state index contributed by atoms with van der Waals surface area (Å²) in [6, 6.07) is 9.09. The molecule has 0 spiro atoms. The second-order valence-corrected chi connectivity index (χ2v) is 10.4. The minimum atomic E-state index is -3.49. The second kappa shape index (κ2) is 8.52. The maximum absolute atomic E-state index is 11.7. The van der Waals surface area contributed by atoms with Crippen molar-refractivity contribution < 1.29 is 8.42 Å². The molecule has 0 aliphatic heterocycles. The van der Waals surface area contributed by atoms with Gasteiger partial charge in [0, 0.05) is 30.0 Å². The van der Waals surface area contributed by atoms with E-state index in [9.17, 15) is 8.42 Å². The molecule has 0 amide bonds. The SMILES string of the molecule is CC1(c2nc(-c3cccc(NS(C)(=O)=O)c3Cl)c(-c3ccnc(CCCC#N)n3)[nH]2)CC1. The van der Waals surface area contributed by atoms with Gasteiger partial charge in [-0.1, -0.05) is 30.7 Å². The van der Waals surface area contributed by atoms with Crippen LogP contribution in [0.3, 0.4) is 0 Å². The highest BCUT2D eigenvalue weighted by molar-refractivity contribution is 7.92. The minimum absolute atomic E-state index is 0.0231. The first-order valence-electron chi connectivity index (χ1n) is 10.3. The Balaban J connectivity index is 1.81. The monoisotopic (exact) mass is 470 g/mol. The molecule has 2 heterocycles. The summed E-state index contributed by atoms with van der Waals surface area (Å²) in [7, 11) is -3.49. The van der Waals surface area contributed by atoms with Crippen LogP contribution in [-0.4, -0.2) is 34.6 Å². The number of aromatic amines is 1. The highest BCUT2D eigenvalue weighted by Crippen LogP contribution is 2.48. The number of rotatable bonds is 8. The third-order valence-electron chi connectivity index (χ3n) is 5.48. The number of hydrogen-bond donors (Lipinski definition) is 2. The van der Waals surface area contributed by atoms with Crippen molar-refractivity contribution in [3.8, 4) is 28.7 Å². The van der Waals surface area contributed by atoms with E-state index in [2.05, 4.69) is 32.7 Å². The Bertz CT molecular complexity index is 1310. The van der Waals surface area contributed by atoms with Crippen LogP contribution in [-0.2, 0) is 21.9 Å². The summed E-state index contributed by atoms with van der Waals surface area (Å²) in [6.07, 6.45) is 6.57. The molecule has 0 radical (unpaired) electrons. The molecule has 0 atom stereocenters. The number of imidazole rings is 1. The molecular weight excluding hydrogens is 448 g/mol. The number of aryl methyl sites for hydroxylation is 1. The molecule has 1 aliphatic carbocycles. The average Bonchev–Trinajstić information content (AvgIpc) is 3.33. The maximum Gasteiger partial charge on any atom is 0.229 e. The van der Waals surface area contributed by atoms with Crippen LogP contribution >= 0.6 is 11.6 Å². The molecule has 1 fully saturated rings. The van der Waals surface area contributed by atoms with Crippen LogP contribution in [0.4, 0.5) is 5.69 Å². The minimum Gasteiger partial charge on any atom is -0.340 e. The van der Waals surface area contributed by atoms with Crippen LogP contribution in [0.25, 0.3) is 22.6 Å². The molecule has 1 aliphatic rings. The van der Waals surface area contributed by atoms with Gasteiger partial charge in [-0.3, -0.25) is 4.72 Å². The zero-order valence-electron chi connectivity index (χ0n) is 17.8. The quantitative estimate of drug-likeness (QED) is 0.468. The molecule has 8 nitrogen and oxygen atoms in total. The number of H-pyrrole nitrogens is 1. The molecule has 32 heavy (non-hydrogen) atoms. The number of halogens is 1. The number of nitrogens with zero attached hydrogens (tertiary/aromatic N) is 4. The number of nitrogens with one attached hydrogen (secondary N) is 2. The molecular formula is C22H23ClN6O2S. The van der Waals surface area contributed by atoms with Crippen LogP contribution in [0.5, 0.6) is 0 Å². The predicted molar refractivity (Wildman–Crippen MR) is 124 cm³/mol. The fraction of sp³-hybridized carbons (Fsp3) is 0.364. The van der Waals surface area contributed by atoms with Crippen molar-refractivity contribution in [3.05, 3.63) is 47.1 Å². The lowest BCUT2D eigenvalue weighted by molar-refractivity contribution is 0.607. The zero-order valence-corrected chi connectivity index (χ0v) is 19.4. The smallest absolute Gasteiger partial charge is 0.229 e. The summed E-state index contributed by atoms with van der Waals surface area (Å²) < 4.78 is 26.0. The Morgan fingerprint density at radius 1 is 1.28 bits per heavy atom. The van der Waals surface area contributed by atoms with E-state index in [-0.39, 0.29) is 10.4 Å². The number of anilines is 1. The third-order valence-corrected chi connectivity index (χ3v) is 6.47. The number of unbranched alkanes of at least 4 members (excludes halogenated alkanes) is 1. The summed E-state index contributed by atoms with van der Waals surface area (Å²) in [5.41, 5.74) is 2.85. The van der Waals surface area contributed by atoms with Gasteiger partial charge in [0.2, 0.25) is 10.0 Å². The van der Waals surface area contributed by atoms with Crippen LogP contribution in [0.1, 0.15) is 44.3 Å². The second-order valence-electron chi connectivity index (χ2n) is 8.28. The molecule has 166 valence electrons. The normalized spacial score (nSPS) is 14.7. The van der Waals surface area contributed by atoms with Crippen molar-refractivity contribution in [1.82, 2.24) is 19.9 Å². The average molecular weight is 471 g/mol. The lowest BCUT2D eigenvalue weighted by atomic mass is 10.1. The Morgan fingerprint density at radius 2 is 2.06 bits per heavy atom. The Morgan fingerprint density at radius 3 is 2.75 bits per heavy atom. The van der Waals surface area contributed by atoms with Gasteiger partial charge in [0.1, 0.15) is 11.6 Å². The molecule has 1 aromatic carbocycles. The van der Waals surface area contributed by atoms with Crippen molar-refractivity contribution in [3.63, 3.8) is 0 Å². The maximum atomic E-state index is 11.7. The highest BCUT2D eigenvalue weighted by Gasteiger charge is 2.42. The van der Waals surface area contributed by atoms with Gasteiger partial charge in [-0.05, 0) is 31.4 Å². The highest BCUT2D eigenvalue weighted by atomic mass is 35.5. The number of nitriles is 1. The van der Waals surface area contributed by atoms with E-state index >= 15 is 0 Å². The lowest BCUT2D eigenvalue weighted by Gasteiger charge is -2.11. The fourth-order valence-electron chi connectivity index (χ4n) is 3.44. The number of benzene rings is 1. The van der Waals surface area contributed by atoms with E-state index in [1.54, 1.807) is 24.4 Å². The van der Waals surface area contributed by atoms with E-state index < -0.39 is 10.0 Å². The van der Waals surface area contributed by atoms with Gasteiger partial charge in [0.05, 0.1) is 40.1 Å². The summed E-state index contributed by atoms with van der Waals surface area (Å²) in [4.78, 5) is 17.3. The van der Waals surface area contributed by atoms with Crippen molar-refractivity contribution in [2.24, 2.45) is 0 Å². The zero-order chi connectivity index (χ0) is 22.9. The van der Waals surface area contributed by atoms with E-state index in [0.717, 1.165) is 24.9 Å². The van der Waals surface area contributed by atoms with E-state index in [1.807, 2.05) is 6.07 Å². The first-order valence-corrected chi connectivity index (χ1v) is 12.5. The van der Waals surface area contributed by atoms with Crippen LogP contribution in [0, 0.1) is 11.3 Å². The summed E-state index contributed by atoms with van der Waals surface area (Å²) in [6.45, 7) is 2.15. The molecule has 10 heteroatoms. The molecule has 1 saturated carbocycles. The Hall–Kier alpha value is -2.96.